The second-order valence-corrected chi connectivity index (χ2v) is 6.17. The van der Waals surface area contributed by atoms with Crippen LogP contribution < -0.4 is 0 Å². The van der Waals surface area contributed by atoms with Gasteiger partial charge in [-0.05, 0) is 5.56 Å². The van der Waals surface area contributed by atoms with Crippen LogP contribution in [0.25, 0.3) is 0 Å². The Morgan fingerprint density at radius 3 is 1.83 bits per heavy atom. The highest BCUT2D eigenvalue weighted by Gasteiger charge is 2.56. The van der Waals surface area contributed by atoms with Crippen LogP contribution in [0.4, 0.5) is 26.3 Å². The molecule has 2 bridgehead atoms. The monoisotopic (exact) mass is 338 g/mol. The van der Waals surface area contributed by atoms with E-state index >= 15 is 0 Å². The van der Waals surface area contributed by atoms with Crippen molar-refractivity contribution >= 4 is 0 Å². The molecule has 3 saturated heterocycles. The van der Waals surface area contributed by atoms with Crippen LogP contribution in [0.5, 0.6) is 0 Å². The van der Waals surface area contributed by atoms with E-state index in [2.05, 4.69) is 0 Å². The molecule has 1 aromatic rings. The summed E-state index contributed by atoms with van der Waals surface area (Å²) in [5, 5.41) is 0. The van der Waals surface area contributed by atoms with Gasteiger partial charge in [0, 0.05) is 31.1 Å². The number of hydrogen-bond acceptors (Lipinski definition) is 2. The molecular weight excluding hydrogens is 322 g/mol. The standard InChI is InChI=1S/C15H16F6N2/c16-14(17,18)8-22-6-11-13(10-4-2-1-3-5-10)12(7-22)23(11)9-15(19,20)21/h1-5,11-13H,6-9H2/t11-,12+,13?. The van der Waals surface area contributed by atoms with E-state index in [4.69, 9.17) is 0 Å². The van der Waals surface area contributed by atoms with Crippen molar-refractivity contribution in [3.05, 3.63) is 35.9 Å². The molecule has 3 aliphatic heterocycles. The Kier molecular flexibility index (Phi) is 4.08. The summed E-state index contributed by atoms with van der Waals surface area (Å²) in [6, 6.07) is 8.00. The quantitative estimate of drug-likeness (QED) is 0.781. The van der Waals surface area contributed by atoms with E-state index in [-0.39, 0.29) is 19.0 Å². The van der Waals surface area contributed by atoms with Gasteiger partial charge in [0.2, 0.25) is 0 Å². The van der Waals surface area contributed by atoms with Crippen molar-refractivity contribution in [3.63, 3.8) is 0 Å². The summed E-state index contributed by atoms with van der Waals surface area (Å²) in [7, 11) is 0. The second kappa shape index (κ2) is 5.66. The van der Waals surface area contributed by atoms with Gasteiger partial charge in [-0.2, -0.15) is 26.3 Å². The van der Waals surface area contributed by atoms with Gasteiger partial charge in [-0.3, -0.25) is 9.80 Å². The van der Waals surface area contributed by atoms with Crippen LogP contribution in [-0.4, -0.2) is 60.4 Å². The Bertz CT molecular complexity index is 527. The number of hydrogen-bond donors (Lipinski definition) is 0. The molecule has 2 nitrogen and oxygen atoms in total. The SMILES string of the molecule is FC(F)(F)CN1C[C@@H]2C(c3ccccc3)[C@H](C1)N2CC(F)(F)F. The number of nitrogens with zero attached hydrogens (tertiary/aromatic N) is 2. The van der Waals surface area contributed by atoms with E-state index in [1.54, 1.807) is 18.2 Å². The highest BCUT2D eigenvalue weighted by molar-refractivity contribution is 5.30. The summed E-state index contributed by atoms with van der Waals surface area (Å²) in [6.45, 7) is -2.12. The summed E-state index contributed by atoms with van der Waals surface area (Å²) in [4.78, 5) is 2.51. The predicted molar refractivity (Wildman–Crippen MR) is 72.0 cm³/mol. The van der Waals surface area contributed by atoms with E-state index in [0.717, 1.165) is 5.56 Å². The summed E-state index contributed by atoms with van der Waals surface area (Å²) < 4.78 is 75.7. The van der Waals surface area contributed by atoms with Gasteiger partial charge in [0.1, 0.15) is 0 Å². The third-order valence-corrected chi connectivity index (χ3v) is 4.52. The smallest absolute Gasteiger partial charge is 0.292 e. The van der Waals surface area contributed by atoms with Crippen LogP contribution in [0, 0.1) is 0 Å². The topological polar surface area (TPSA) is 6.48 Å². The molecule has 3 aliphatic rings. The average Bonchev–Trinajstić information content (AvgIpc) is 2.42. The second-order valence-electron chi connectivity index (χ2n) is 6.17. The number of alkyl halides is 6. The zero-order valence-corrected chi connectivity index (χ0v) is 12.1. The maximum atomic E-state index is 12.7. The molecule has 1 aromatic carbocycles. The maximum Gasteiger partial charge on any atom is 0.401 e. The van der Waals surface area contributed by atoms with Crippen molar-refractivity contribution in [3.8, 4) is 0 Å². The lowest BCUT2D eigenvalue weighted by molar-refractivity contribution is -0.208. The molecule has 4 rings (SSSR count). The molecule has 3 atom stereocenters. The molecule has 8 heteroatoms. The van der Waals surface area contributed by atoms with Crippen LogP contribution in [-0.2, 0) is 0 Å². The molecule has 0 aromatic heterocycles. The van der Waals surface area contributed by atoms with Crippen LogP contribution in [0.2, 0.25) is 0 Å². The Balaban J connectivity index is 1.76. The lowest BCUT2D eigenvalue weighted by atomic mass is 9.71. The number of piperazine rings is 1. The fourth-order valence-electron chi connectivity index (χ4n) is 3.80. The number of rotatable bonds is 3. The highest BCUT2D eigenvalue weighted by atomic mass is 19.4. The van der Waals surface area contributed by atoms with Crippen LogP contribution in [0.1, 0.15) is 11.5 Å². The van der Waals surface area contributed by atoms with Gasteiger partial charge in [-0.1, -0.05) is 30.3 Å². The van der Waals surface area contributed by atoms with Gasteiger partial charge in [-0.25, -0.2) is 0 Å². The van der Waals surface area contributed by atoms with Gasteiger partial charge in [-0.15, -0.1) is 0 Å². The molecule has 0 amide bonds. The summed E-state index contributed by atoms with van der Waals surface area (Å²) in [5.74, 6) is -0.136. The van der Waals surface area contributed by atoms with E-state index in [1.807, 2.05) is 12.1 Å². The molecule has 0 saturated carbocycles. The van der Waals surface area contributed by atoms with Crippen LogP contribution in [0.15, 0.2) is 30.3 Å². The van der Waals surface area contributed by atoms with Gasteiger partial charge < -0.3 is 0 Å². The average molecular weight is 338 g/mol. The number of benzene rings is 1. The predicted octanol–water partition coefficient (Wildman–Crippen LogP) is 3.26. The van der Waals surface area contributed by atoms with Crippen molar-refractivity contribution in [2.24, 2.45) is 0 Å². The Labute approximate surface area is 129 Å². The van der Waals surface area contributed by atoms with Gasteiger partial charge >= 0.3 is 12.4 Å². The number of piperidine rings is 1. The van der Waals surface area contributed by atoms with E-state index < -0.39 is 37.5 Å². The fourth-order valence-corrected chi connectivity index (χ4v) is 3.80. The number of fused-ring (bicyclic) bond motifs is 2. The summed E-state index contributed by atoms with van der Waals surface area (Å²) >= 11 is 0. The minimum atomic E-state index is -4.34. The molecule has 0 radical (unpaired) electrons. The Hall–Kier alpha value is -1.28. The van der Waals surface area contributed by atoms with Crippen LogP contribution in [0.3, 0.4) is 0 Å². The summed E-state index contributed by atoms with van der Waals surface area (Å²) in [5.41, 5.74) is 0.896. The highest BCUT2D eigenvalue weighted by Crippen LogP contribution is 2.46. The van der Waals surface area contributed by atoms with E-state index in [0.29, 0.717) is 0 Å². The molecule has 128 valence electrons. The first-order valence-electron chi connectivity index (χ1n) is 7.30. The normalized spacial score (nSPS) is 29.4. The first kappa shape index (κ1) is 16.6. The Morgan fingerprint density at radius 2 is 1.35 bits per heavy atom. The van der Waals surface area contributed by atoms with Crippen molar-refractivity contribution in [2.75, 3.05) is 26.2 Å². The third-order valence-electron chi connectivity index (χ3n) is 4.52. The van der Waals surface area contributed by atoms with Gasteiger partial charge in [0.15, 0.2) is 0 Å². The molecular formula is C15H16F6N2. The third kappa shape index (κ3) is 3.63. The minimum absolute atomic E-state index is 0.00561. The molecule has 23 heavy (non-hydrogen) atoms. The maximum absolute atomic E-state index is 12.7. The van der Waals surface area contributed by atoms with E-state index in [9.17, 15) is 26.3 Å². The summed E-state index contributed by atoms with van der Waals surface area (Å²) in [6.07, 6.45) is -8.68. The molecule has 3 heterocycles. The first-order valence-corrected chi connectivity index (χ1v) is 7.30. The molecule has 0 spiro atoms. The minimum Gasteiger partial charge on any atom is -0.292 e. The van der Waals surface area contributed by atoms with Crippen molar-refractivity contribution in [2.45, 2.75) is 30.4 Å². The van der Waals surface area contributed by atoms with Crippen molar-refractivity contribution in [1.29, 1.82) is 0 Å². The zero-order chi connectivity index (χ0) is 16.8. The first-order chi connectivity index (χ1) is 10.6. The van der Waals surface area contributed by atoms with Crippen LogP contribution >= 0.6 is 0 Å². The molecule has 1 unspecified atom stereocenters. The molecule has 3 fully saturated rings. The lowest BCUT2D eigenvalue weighted by Crippen LogP contribution is -2.74. The van der Waals surface area contributed by atoms with Crippen molar-refractivity contribution < 1.29 is 26.3 Å². The van der Waals surface area contributed by atoms with E-state index in [1.165, 1.54) is 9.80 Å². The van der Waals surface area contributed by atoms with Gasteiger partial charge in [0.25, 0.3) is 0 Å². The molecule has 0 aliphatic carbocycles. The number of halogens is 6. The van der Waals surface area contributed by atoms with Gasteiger partial charge in [0.05, 0.1) is 13.1 Å². The Morgan fingerprint density at radius 1 is 0.826 bits per heavy atom. The fraction of sp³-hybridized carbons (Fsp3) is 0.600. The zero-order valence-electron chi connectivity index (χ0n) is 12.1. The molecule has 0 N–H and O–H groups in total. The lowest BCUT2D eigenvalue weighted by Gasteiger charge is -2.62. The largest absolute Gasteiger partial charge is 0.401 e. The van der Waals surface area contributed by atoms with Crippen molar-refractivity contribution in [1.82, 2.24) is 9.80 Å².